The van der Waals surface area contributed by atoms with Crippen LogP contribution in [0, 0.1) is 0 Å². The van der Waals surface area contributed by atoms with Crippen LogP contribution in [0.4, 0.5) is 0 Å². The number of fused-ring (bicyclic) bond motifs is 1. The van der Waals surface area contributed by atoms with Crippen LogP contribution in [0.2, 0.25) is 0 Å². The Morgan fingerprint density at radius 1 is 1.69 bits per heavy atom. The molecule has 1 aromatic rings. The van der Waals surface area contributed by atoms with Crippen LogP contribution in [0.5, 0.6) is 0 Å². The minimum Gasteiger partial charge on any atom is -0.463 e. The standard InChI is InChI=1S/C11H14N2O2S/c1-3-11-9(14)15-6-10(11,16-11)4-8-5-12-7-13(8)2/h5,7H,3-4,6H2,1-2H3/t10-,11+/m1/s1. The average Bonchev–Trinajstić information content (AvgIpc) is 2.63. The van der Waals surface area contributed by atoms with Gasteiger partial charge in [-0.2, -0.15) is 0 Å². The first kappa shape index (κ1) is 10.2. The number of carbonyl (C=O) groups is 1. The number of imidazole rings is 1. The summed E-state index contributed by atoms with van der Waals surface area (Å²) in [5.41, 5.74) is 1.17. The third-order valence-electron chi connectivity index (χ3n) is 3.71. The first-order chi connectivity index (χ1) is 7.63. The van der Waals surface area contributed by atoms with Gasteiger partial charge in [0.2, 0.25) is 0 Å². The van der Waals surface area contributed by atoms with E-state index >= 15 is 0 Å². The number of ether oxygens (including phenoxy) is 1. The van der Waals surface area contributed by atoms with Gasteiger partial charge in [-0.25, -0.2) is 4.98 Å². The van der Waals surface area contributed by atoms with E-state index in [0.29, 0.717) is 6.61 Å². The molecule has 2 aliphatic rings. The van der Waals surface area contributed by atoms with Gasteiger partial charge in [0, 0.05) is 25.4 Å². The van der Waals surface area contributed by atoms with Crippen LogP contribution in [0.1, 0.15) is 19.0 Å². The van der Waals surface area contributed by atoms with Gasteiger partial charge in [-0.05, 0) is 6.42 Å². The molecule has 0 aromatic carbocycles. The summed E-state index contributed by atoms with van der Waals surface area (Å²) in [6.45, 7) is 2.61. The molecule has 3 rings (SSSR count). The number of rotatable bonds is 3. The maximum atomic E-state index is 11.7. The zero-order valence-electron chi connectivity index (χ0n) is 9.40. The Bertz CT molecular complexity index is 459. The van der Waals surface area contributed by atoms with E-state index in [0.717, 1.165) is 12.8 Å². The second-order valence-corrected chi connectivity index (χ2v) is 6.21. The highest BCUT2D eigenvalue weighted by atomic mass is 32.2. The molecule has 2 atom stereocenters. The quantitative estimate of drug-likeness (QED) is 0.585. The minimum absolute atomic E-state index is 0.0212. The van der Waals surface area contributed by atoms with Crippen molar-refractivity contribution in [3.8, 4) is 0 Å². The van der Waals surface area contributed by atoms with Crippen LogP contribution < -0.4 is 0 Å². The molecule has 0 N–H and O–H groups in total. The lowest BCUT2D eigenvalue weighted by atomic mass is 9.89. The van der Waals surface area contributed by atoms with Crippen molar-refractivity contribution in [2.24, 2.45) is 7.05 Å². The third kappa shape index (κ3) is 1.07. The molecule has 2 fully saturated rings. The van der Waals surface area contributed by atoms with Crippen LogP contribution in [-0.4, -0.2) is 31.6 Å². The van der Waals surface area contributed by atoms with Crippen LogP contribution in [0.15, 0.2) is 12.5 Å². The average molecular weight is 238 g/mol. The molecule has 3 heterocycles. The SMILES string of the molecule is CC[C@@]12S[C@]1(Cc1cncn1C)COC2=O. The zero-order valence-corrected chi connectivity index (χ0v) is 10.2. The molecule has 4 nitrogen and oxygen atoms in total. The number of aryl methyl sites for hydroxylation is 1. The number of thioether (sulfide) groups is 1. The number of aromatic nitrogens is 2. The van der Waals surface area contributed by atoms with Crippen molar-refractivity contribution in [1.82, 2.24) is 9.55 Å². The van der Waals surface area contributed by atoms with Crippen molar-refractivity contribution < 1.29 is 9.53 Å². The number of cyclic esters (lactones) is 1. The predicted molar refractivity (Wildman–Crippen MR) is 61.2 cm³/mol. The fraction of sp³-hybridized carbons (Fsp3) is 0.636. The lowest BCUT2D eigenvalue weighted by Gasteiger charge is -2.10. The van der Waals surface area contributed by atoms with Gasteiger partial charge in [-0.15, -0.1) is 11.8 Å². The summed E-state index contributed by atoms with van der Waals surface area (Å²) in [7, 11) is 1.98. The Hall–Kier alpha value is -0.970. The van der Waals surface area contributed by atoms with Crippen molar-refractivity contribution in [3.63, 3.8) is 0 Å². The number of hydrogen-bond acceptors (Lipinski definition) is 4. The number of carbonyl (C=O) groups excluding carboxylic acids is 1. The molecule has 0 radical (unpaired) electrons. The van der Waals surface area contributed by atoms with Crippen LogP contribution in [-0.2, 0) is 23.0 Å². The normalized spacial score (nSPS) is 36.0. The van der Waals surface area contributed by atoms with E-state index < -0.39 is 0 Å². The van der Waals surface area contributed by atoms with Gasteiger partial charge < -0.3 is 9.30 Å². The maximum absolute atomic E-state index is 11.7. The smallest absolute Gasteiger partial charge is 0.323 e. The van der Waals surface area contributed by atoms with Gasteiger partial charge in [0.15, 0.2) is 0 Å². The van der Waals surface area contributed by atoms with Crippen LogP contribution in [0.25, 0.3) is 0 Å². The van der Waals surface area contributed by atoms with Gasteiger partial charge in [0.25, 0.3) is 0 Å². The largest absolute Gasteiger partial charge is 0.463 e. The molecule has 0 aliphatic carbocycles. The fourth-order valence-corrected chi connectivity index (χ4v) is 4.20. The molecular formula is C11H14N2O2S. The molecule has 0 unspecified atom stereocenters. The predicted octanol–water partition coefficient (Wildman–Crippen LogP) is 1.15. The van der Waals surface area contributed by atoms with E-state index in [9.17, 15) is 4.79 Å². The Labute approximate surface area is 98.4 Å². The highest BCUT2D eigenvalue weighted by Crippen LogP contribution is 2.70. The zero-order chi connectivity index (χ0) is 11.4. The number of esters is 1. The van der Waals surface area contributed by atoms with E-state index in [-0.39, 0.29) is 15.5 Å². The van der Waals surface area contributed by atoms with E-state index in [2.05, 4.69) is 11.9 Å². The molecule has 0 saturated carbocycles. The summed E-state index contributed by atoms with van der Waals surface area (Å²) in [4.78, 5) is 15.8. The summed E-state index contributed by atoms with van der Waals surface area (Å²) in [6, 6.07) is 0. The molecule has 2 aliphatic heterocycles. The van der Waals surface area contributed by atoms with Crippen molar-refractivity contribution in [2.75, 3.05) is 6.61 Å². The molecule has 16 heavy (non-hydrogen) atoms. The van der Waals surface area contributed by atoms with Crippen LogP contribution in [0.3, 0.4) is 0 Å². The number of hydrogen-bond donors (Lipinski definition) is 0. The summed E-state index contributed by atoms with van der Waals surface area (Å²) < 4.78 is 6.93. The molecule has 2 saturated heterocycles. The molecule has 0 spiro atoms. The highest BCUT2D eigenvalue weighted by Gasteiger charge is 2.77. The molecule has 86 valence electrons. The molecule has 1 aromatic heterocycles. The first-order valence-corrected chi connectivity index (χ1v) is 6.28. The Kier molecular flexibility index (Phi) is 1.93. The topological polar surface area (TPSA) is 44.1 Å². The first-order valence-electron chi connectivity index (χ1n) is 5.46. The van der Waals surface area contributed by atoms with Gasteiger partial charge in [0.05, 0.1) is 11.1 Å². The Morgan fingerprint density at radius 3 is 3.06 bits per heavy atom. The maximum Gasteiger partial charge on any atom is 0.323 e. The van der Waals surface area contributed by atoms with Gasteiger partial charge >= 0.3 is 5.97 Å². The molecule has 0 bridgehead atoms. The lowest BCUT2D eigenvalue weighted by molar-refractivity contribution is -0.139. The summed E-state index contributed by atoms with van der Waals surface area (Å²) in [5, 5.41) is 0. The lowest BCUT2D eigenvalue weighted by Crippen LogP contribution is -2.29. The third-order valence-corrected chi connectivity index (χ3v) is 5.70. The van der Waals surface area contributed by atoms with Crippen molar-refractivity contribution in [2.45, 2.75) is 29.3 Å². The van der Waals surface area contributed by atoms with Crippen LogP contribution >= 0.6 is 11.8 Å². The summed E-state index contributed by atoms with van der Waals surface area (Å²) >= 11 is 1.77. The fourth-order valence-electron chi connectivity index (χ4n) is 2.60. The minimum atomic E-state index is -0.267. The van der Waals surface area contributed by atoms with E-state index in [1.807, 2.05) is 17.8 Å². The summed E-state index contributed by atoms with van der Waals surface area (Å²) in [6.07, 6.45) is 5.39. The molecule has 5 heteroatoms. The Balaban J connectivity index is 1.88. The second-order valence-electron chi connectivity index (χ2n) is 4.53. The monoisotopic (exact) mass is 238 g/mol. The van der Waals surface area contributed by atoms with Gasteiger partial charge in [-0.1, -0.05) is 6.92 Å². The molecular weight excluding hydrogens is 224 g/mol. The van der Waals surface area contributed by atoms with Crippen molar-refractivity contribution in [1.29, 1.82) is 0 Å². The second kappa shape index (κ2) is 3.03. The van der Waals surface area contributed by atoms with Crippen molar-refractivity contribution in [3.05, 3.63) is 18.2 Å². The summed E-state index contributed by atoms with van der Waals surface area (Å²) in [5.74, 6) is -0.0258. The number of nitrogens with zero attached hydrogens (tertiary/aromatic N) is 2. The van der Waals surface area contributed by atoms with E-state index in [1.54, 1.807) is 18.1 Å². The van der Waals surface area contributed by atoms with Gasteiger partial charge in [-0.3, -0.25) is 4.79 Å². The van der Waals surface area contributed by atoms with E-state index in [1.165, 1.54) is 5.69 Å². The van der Waals surface area contributed by atoms with Gasteiger partial charge in [0.1, 0.15) is 11.4 Å². The highest BCUT2D eigenvalue weighted by molar-refractivity contribution is 8.10. The van der Waals surface area contributed by atoms with E-state index in [4.69, 9.17) is 4.74 Å². The van der Waals surface area contributed by atoms with Crippen molar-refractivity contribution >= 4 is 17.7 Å². The molecule has 0 amide bonds. The Morgan fingerprint density at radius 2 is 2.50 bits per heavy atom.